The van der Waals surface area contributed by atoms with Gasteiger partial charge in [-0.3, -0.25) is 0 Å². The molecule has 4 heteroatoms. The Bertz CT molecular complexity index is 398. The SMILES string of the molecule is CCCNCc1cccc(Cl)c1N(C)C(CC)CSC. The number of nitrogens with zero attached hydrogens (tertiary/aromatic N) is 1. The number of hydrogen-bond acceptors (Lipinski definition) is 3. The molecule has 0 aliphatic heterocycles. The molecule has 0 saturated heterocycles. The molecule has 1 aromatic rings. The van der Waals surface area contributed by atoms with E-state index in [1.54, 1.807) is 0 Å². The first kappa shape index (κ1) is 17.7. The van der Waals surface area contributed by atoms with E-state index < -0.39 is 0 Å². The molecule has 1 atom stereocenters. The highest BCUT2D eigenvalue weighted by molar-refractivity contribution is 7.98. The van der Waals surface area contributed by atoms with Gasteiger partial charge in [0.05, 0.1) is 10.7 Å². The molecule has 0 radical (unpaired) electrons. The first-order valence-electron chi connectivity index (χ1n) is 7.35. The van der Waals surface area contributed by atoms with Gasteiger partial charge in [-0.15, -0.1) is 0 Å². The first-order valence-corrected chi connectivity index (χ1v) is 9.12. The zero-order chi connectivity index (χ0) is 15.0. The van der Waals surface area contributed by atoms with Crippen LogP contribution in [0, 0.1) is 0 Å². The molecule has 1 aromatic carbocycles. The first-order chi connectivity index (χ1) is 9.65. The maximum atomic E-state index is 6.46. The van der Waals surface area contributed by atoms with Crippen molar-refractivity contribution in [2.75, 3.05) is 30.5 Å². The van der Waals surface area contributed by atoms with Gasteiger partial charge in [0.1, 0.15) is 0 Å². The standard InChI is InChI=1S/C16H27ClN2S/c1-5-10-18-11-13-8-7-9-15(17)16(13)19(3)14(6-2)12-20-4/h7-9,14,18H,5-6,10-12H2,1-4H3. The van der Waals surface area contributed by atoms with E-state index >= 15 is 0 Å². The third-order valence-electron chi connectivity index (χ3n) is 3.54. The van der Waals surface area contributed by atoms with Gasteiger partial charge in [0.2, 0.25) is 0 Å². The zero-order valence-corrected chi connectivity index (χ0v) is 14.7. The second kappa shape index (κ2) is 9.54. The molecule has 0 saturated carbocycles. The van der Waals surface area contributed by atoms with Crippen LogP contribution in [0.4, 0.5) is 5.69 Å². The number of hydrogen-bond donors (Lipinski definition) is 1. The molecule has 0 spiro atoms. The maximum Gasteiger partial charge on any atom is 0.0642 e. The van der Waals surface area contributed by atoms with E-state index in [-0.39, 0.29) is 0 Å². The van der Waals surface area contributed by atoms with E-state index in [9.17, 15) is 0 Å². The van der Waals surface area contributed by atoms with E-state index in [0.29, 0.717) is 6.04 Å². The Morgan fingerprint density at radius 1 is 1.35 bits per heavy atom. The Labute approximate surface area is 133 Å². The van der Waals surface area contributed by atoms with Crippen molar-refractivity contribution >= 4 is 29.1 Å². The predicted octanol–water partition coefficient (Wildman–Crippen LogP) is 4.42. The maximum absolute atomic E-state index is 6.46. The summed E-state index contributed by atoms with van der Waals surface area (Å²) in [5.41, 5.74) is 2.46. The number of anilines is 1. The molecule has 2 nitrogen and oxygen atoms in total. The lowest BCUT2D eigenvalue weighted by Crippen LogP contribution is -2.34. The molecule has 0 aliphatic rings. The molecule has 0 fully saturated rings. The van der Waals surface area contributed by atoms with Crippen molar-refractivity contribution in [3.8, 4) is 0 Å². The second-order valence-corrected chi connectivity index (χ2v) is 6.37. The summed E-state index contributed by atoms with van der Waals surface area (Å²) < 4.78 is 0. The summed E-state index contributed by atoms with van der Waals surface area (Å²) in [7, 11) is 2.16. The molecule has 0 amide bonds. The van der Waals surface area contributed by atoms with Crippen LogP contribution in [0.1, 0.15) is 32.3 Å². The van der Waals surface area contributed by atoms with Gasteiger partial charge in [0.15, 0.2) is 0 Å². The van der Waals surface area contributed by atoms with Gasteiger partial charge in [0, 0.05) is 25.4 Å². The fraction of sp³-hybridized carbons (Fsp3) is 0.625. The van der Waals surface area contributed by atoms with E-state index in [1.807, 2.05) is 23.9 Å². The lowest BCUT2D eigenvalue weighted by Gasteiger charge is -2.31. The minimum Gasteiger partial charge on any atom is -0.369 e. The predicted molar refractivity (Wildman–Crippen MR) is 94.3 cm³/mol. The number of rotatable bonds is 9. The summed E-state index contributed by atoms with van der Waals surface area (Å²) in [5, 5.41) is 4.32. The second-order valence-electron chi connectivity index (χ2n) is 5.05. The van der Waals surface area contributed by atoms with Crippen LogP contribution in [0.3, 0.4) is 0 Å². The highest BCUT2D eigenvalue weighted by Gasteiger charge is 2.18. The Morgan fingerprint density at radius 3 is 2.70 bits per heavy atom. The Hall–Kier alpha value is -0.380. The molecule has 20 heavy (non-hydrogen) atoms. The number of nitrogens with one attached hydrogen (secondary N) is 1. The number of benzene rings is 1. The van der Waals surface area contributed by atoms with Crippen LogP contribution in [0.15, 0.2) is 18.2 Å². The summed E-state index contributed by atoms with van der Waals surface area (Å²) in [6.45, 7) is 6.34. The van der Waals surface area contributed by atoms with Crippen LogP contribution in [-0.4, -0.2) is 31.6 Å². The summed E-state index contributed by atoms with van der Waals surface area (Å²) in [6, 6.07) is 6.72. The molecule has 1 rings (SSSR count). The summed E-state index contributed by atoms with van der Waals surface area (Å²) in [5.74, 6) is 1.13. The normalized spacial score (nSPS) is 12.4. The van der Waals surface area contributed by atoms with Crippen LogP contribution in [0.25, 0.3) is 0 Å². The van der Waals surface area contributed by atoms with Gasteiger partial charge in [-0.25, -0.2) is 0 Å². The average molecular weight is 315 g/mol. The van der Waals surface area contributed by atoms with Crippen LogP contribution in [-0.2, 0) is 6.54 Å². The average Bonchev–Trinajstić information content (AvgIpc) is 2.44. The Balaban J connectivity index is 2.95. The smallest absolute Gasteiger partial charge is 0.0642 e. The Kier molecular flexibility index (Phi) is 8.43. The lowest BCUT2D eigenvalue weighted by atomic mass is 10.1. The third-order valence-corrected chi connectivity index (χ3v) is 4.57. The number of thioether (sulfide) groups is 1. The van der Waals surface area contributed by atoms with Gasteiger partial charge < -0.3 is 10.2 Å². The molecule has 1 unspecified atom stereocenters. The van der Waals surface area contributed by atoms with Gasteiger partial charge in [-0.1, -0.05) is 37.6 Å². The van der Waals surface area contributed by atoms with Crippen LogP contribution < -0.4 is 10.2 Å². The van der Waals surface area contributed by atoms with Crippen LogP contribution in [0.5, 0.6) is 0 Å². The fourth-order valence-electron chi connectivity index (χ4n) is 2.38. The molecule has 0 heterocycles. The Morgan fingerprint density at radius 2 is 2.10 bits per heavy atom. The van der Waals surface area contributed by atoms with Gasteiger partial charge in [-0.05, 0) is 37.3 Å². The quantitative estimate of drug-likeness (QED) is 0.679. The van der Waals surface area contributed by atoms with Crippen LogP contribution >= 0.6 is 23.4 Å². The zero-order valence-electron chi connectivity index (χ0n) is 13.1. The monoisotopic (exact) mass is 314 g/mol. The largest absolute Gasteiger partial charge is 0.369 e. The molecular weight excluding hydrogens is 288 g/mol. The van der Waals surface area contributed by atoms with Crippen molar-refractivity contribution in [3.63, 3.8) is 0 Å². The van der Waals surface area contributed by atoms with Gasteiger partial charge in [0.25, 0.3) is 0 Å². The highest BCUT2D eigenvalue weighted by Crippen LogP contribution is 2.31. The van der Waals surface area contributed by atoms with E-state index in [1.165, 1.54) is 11.3 Å². The molecule has 0 aliphatic carbocycles. The highest BCUT2D eigenvalue weighted by atomic mass is 35.5. The molecule has 0 bridgehead atoms. The van der Waals surface area contributed by atoms with E-state index in [2.05, 4.69) is 43.4 Å². The number of para-hydroxylation sites is 1. The minimum absolute atomic E-state index is 0.523. The fourth-order valence-corrected chi connectivity index (χ4v) is 3.55. The third kappa shape index (κ3) is 4.87. The molecule has 1 N–H and O–H groups in total. The molecule has 0 aromatic heterocycles. The van der Waals surface area contributed by atoms with E-state index in [0.717, 1.165) is 36.7 Å². The molecular formula is C16H27ClN2S. The van der Waals surface area contributed by atoms with Crippen molar-refractivity contribution in [1.82, 2.24) is 5.32 Å². The van der Waals surface area contributed by atoms with Crippen molar-refractivity contribution in [2.24, 2.45) is 0 Å². The topological polar surface area (TPSA) is 15.3 Å². The van der Waals surface area contributed by atoms with Crippen molar-refractivity contribution in [2.45, 2.75) is 39.3 Å². The number of halogens is 1. The summed E-state index contributed by atoms with van der Waals surface area (Å²) in [6.07, 6.45) is 4.44. The lowest BCUT2D eigenvalue weighted by molar-refractivity contribution is 0.652. The van der Waals surface area contributed by atoms with Crippen molar-refractivity contribution in [1.29, 1.82) is 0 Å². The van der Waals surface area contributed by atoms with E-state index in [4.69, 9.17) is 11.6 Å². The summed E-state index contributed by atoms with van der Waals surface area (Å²) >= 11 is 8.35. The molecule has 114 valence electrons. The minimum atomic E-state index is 0.523. The van der Waals surface area contributed by atoms with Crippen LogP contribution in [0.2, 0.25) is 5.02 Å². The van der Waals surface area contributed by atoms with Gasteiger partial charge in [-0.2, -0.15) is 11.8 Å². The van der Waals surface area contributed by atoms with Gasteiger partial charge >= 0.3 is 0 Å². The summed E-state index contributed by atoms with van der Waals surface area (Å²) in [4.78, 5) is 2.35. The van der Waals surface area contributed by atoms with Crippen molar-refractivity contribution in [3.05, 3.63) is 28.8 Å². The van der Waals surface area contributed by atoms with Crippen molar-refractivity contribution < 1.29 is 0 Å².